The van der Waals surface area contributed by atoms with Gasteiger partial charge in [0.1, 0.15) is 17.9 Å². The lowest BCUT2D eigenvalue weighted by Crippen LogP contribution is -2.13. The molecule has 0 amide bonds. The molecule has 0 unspecified atom stereocenters. The van der Waals surface area contributed by atoms with Crippen molar-refractivity contribution >= 4 is 5.82 Å². The molecule has 1 heterocycles. The molecular weight excluding hydrogens is 228 g/mol. The molecule has 0 bridgehead atoms. The third kappa shape index (κ3) is 2.95. The molecular formula is C13H16N4O. The minimum atomic E-state index is 0.571. The maximum atomic E-state index is 5.44. The average molecular weight is 244 g/mol. The van der Waals surface area contributed by atoms with Gasteiger partial charge in [0.15, 0.2) is 0 Å². The summed E-state index contributed by atoms with van der Waals surface area (Å²) in [7, 11) is 1.65. The lowest BCUT2D eigenvalue weighted by Gasteiger charge is -2.06. The predicted octanol–water partition coefficient (Wildman–Crippen LogP) is 1.52. The topological polar surface area (TPSA) is 73.1 Å². The van der Waals surface area contributed by atoms with Gasteiger partial charge in [-0.3, -0.25) is 0 Å². The molecule has 0 saturated carbocycles. The number of nitrogens with one attached hydrogen (secondary N) is 1. The largest absolute Gasteiger partial charge is 0.497 e. The van der Waals surface area contributed by atoms with Crippen LogP contribution < -0.4 is 15.8 Å². The van der Waals surface area contributed by atoms with E-state index in [9.17, 15) is 0 Å². The van der Waals surface area contributed by atoms with Crippen molar-refractivity contribution in [3.63, 3.8) is 0 Å². The van der Waals surface area contributed by atoms with Crippen LogP contribution in [0.1, 0.15) is 0 Å². The molecule has 0 aliphatic heterocycles. The number of hydrogen-bond donors (Lipinski definition) is 2. The van der Waals surface area contributed by atoms with Gasteiger partial charge in [0.05, 0.1) is 12.8 Å². The second-order valence-corrected chi connectivity index (χ2v) is 3.73. The van der Waals surface area contributed by atoms with Crippen LogP contribution in [0.15, 0.2) is 36.7 Å². The van der Waals surface area contributed by atoms with Crippen LogP contribution in [-0.4, -0.2) is 30.2 Å². The van der Waals surface area contributed by atoms with Crippen LogP contribution >= 0.6 is 0 Å². The second kappa shape index (κ2) is 5.97. The van der Waals surface area contributed by atoms with Gasteiger partial charge in [0.2, 0.25) is 0 Å². The van der Waals surface area contributed by atoms with Crippen LogP contribution in [0, 0.1) is 0 Å². The van der Waals surface area contributed by atoms with Gasteiger partial charge in [0, 0.05) is 24.7 Å². The Balaban J connectivity index is 2.20. The van der Waals surface area contributed by atoms with E-state index in [2.05, 4.69) is 15.3 Å². The number of ether oxygens (including phenoxy) is 1. The third-order valence-corrected chi connectivity index (χ3v) is 2.50. The first-order chi connectivity index (χ1) is 8.83. The van der Waals surface area contributed by atoms with Crippen molar-refractivity contribution in [2.75, 3.05) is 25.5 Å². The normalized spacial score (nSPS) is 10.1. The van der Waals surface area contributed by atoms with Gasteiger partial charge in [0.25, 0.3) is 0 Å². The zero-order chi connectivity index (χ0) is 12.8. The lowest BCUT2D eigenvalue weighted by molar-refractivity contribution is 0.415. The van der Waals surface area contributed by atoms with E-state index >= 15 is 0 Å². The molecule has 0 fully saturated rings. The molecule has 2 rings (SSSR count). The zero-order valence-corrected chi connectivity index (χ0v) is 10.3. The summed E-state index contributed by atoms with van der Waals surface area (Å²) in [5.41, 5.74) is 7.33. The maximum absolute atomic E-state index is 5.44. The molecule has 0 saturated heterocycles. The van der Waals surface area contributed by atoms with E-state index in [1.165, 1.54) is 0 Å². The zero-order valence-electron chi connectivity index (χ0n) is 10.3. The highest BCUT2D eigenvalue weighted by Crippen LogP contribution is 2.21. The van der Waals surface area contributed by atoms with Gasteiger partial charge in [-0.1, -0.05) is 0 Å². The summed E-state index contributed by atoms with van der Waals surface area (Å²) < 4.78 is 5.12. The summed E-state index contributed by atoms with van der Waals surface area (Å²) in [4.78, 5) is 8.38. The van der Waals surface area contributed by atoms with Gasteiger partial charge in [-0.15, -0.1) is 0 Å². The van der Waals surface area contributed by atoms with E-state index in [0.717, 1.165) is 22.8 Å². The number of methoxy groups -OCH3 is 1. The highest BCUT2D eigenvalue weighted by molar-refractivity contribution is 5.62. The molecule has 2 aromatic rings. The Morgan fingerprint density at radius 1 is 1.22 bits per heavy atom. The van der Waals surface area contributed by atoms with Crippen molar-refractivity contribution < 1.29 is 4.74 Å². The van der Waals surface area contributed by atoms with Crippen LogP contribution in [-0.2, 0) is 0 Å². The molecule has 0 aliphatic carbocycles. The molecule has 0 aliphatic rings. The number of anilines is 1. The van der Waals surface area contributed by atoms with Crippen molar-refractivity contribution in [2.45, 2.75) is 0 Å². The number of nitrogens with two attached hydrogens (primary N) is 1. The number of rotatable bonds is 5. The highest BCUT2D eigenvalue weighted by atomic mass is 16.5. The van der Waals surface area contributed by atoms with E-state index in [4.69, 9.17) is 10.5 Å². The minimum absolute atomic E-state index is 0.571. The molecule has 3 N–H and O–H groups in total. The molecule has 5 heteroatoms. The summed E-state index contributed by atoms with van der Waals surface area (Å²) in [6.07, 6.45) is 1.54. The number of nitrogens with zero attached hydrogens (tertiary/aromatic N) is 2. The molecule has 94 valence electrons. The number of benzene rings is 1. The quantitative estimate of drug-likeness (QED) is 0.834. The Kier molecular flexibility index (Phi) is 4.09. The summed E-state index contributed by atoms with van der Waals surface area (Å²) >= 11 is 0. The Labute approximate surface area is 106 Å². The number of aromatic nitrogens is 2. The molecule has 1 aromatic heterocycles. The first-order valence-electron chi connectivity index (χ1n) is 5.74. The summed E-state index contributed by atoms with van der Waals surface area (Å²) in [5, 5.41) is 3.13. The van der Waals surface area contributed by atoms with Gasteiger partial charge < -0.3 is 15.8 Å². The molecule has 5 nitrogen and oxygen atoms in total. The van der Waals surface area contributed by atoms with E-state index < -0.39 is 0 Å². The van der Waals surface area contributed by atoms with Crippen LogP contribution in [0.5, 0.6) is 5.75 Å². The summed E-state index contributed by atoms with van der Waals surface area (Å²) in [5.74, 6) is 1.61. The van der Waals surface area contributed by atoms with Crippen molar-refractivity contribution in [1.29, 1.82) is 0 Å². The molecule has 0 spiro atoms. The standard InChI is InChI=1S/C13H16N4O/c1-18-11-4-2-10(3-5-11)12-8-13(15-7-6-14)17-9-16-12/h2-5,8-9H,6-7,14H2,1H3,(H,15,16,17). The second-order valence-electron chi connectivity index (χ2n) is 3.73. The van der Waals surface area contributed by atoms with Gasteiger partial charge >= 0.3 is 0 Å². The molecule has 1 aromatic carbocycles. The Bertz CT molecular complexity index is 499. The molecule has 18 heavy (non-hydrogen) atoms. The molecule has 0 radical (unpaired) electrons. The van der Waals surface area contributed by atoms with Crippen LogP contribution in [0.2, 0.25) is 0 Å². The van der Waals surface area contributed by atoms with Crippen LogP contribution in [0.3, 0.4) is 0 Å². The van der Waals surface area contributed by atoms with E-state index in [1.54, 1.807) is 13.4 Å². The smallest absolute Gasteiger partial charge is 0.129 e. The van der Waals surface area contributed by atoms with Gasteiger partial charge in [-0.25, -0.2) is 9.97 Å². The Hall–Kier alpha value is -2.14. The van der Waals surface area contributed by atoms with E-state index in [0.29, 0.717) is 13.1 Å². The SMILES string of the molecule is COc1ccc(-c2cc(NCCN)ncn2)cc1. The fraction of sp³-hybridized carbons (Fsp3) is 0.231. The van der Waals surface area contributed by atoms with E-state index in [1.807, 2.05) is 30.3 Å². The first kappa shape index (κ1) is 12.3. The van der Waals surface area contributed by atoms with Crippen molar-refractivity contribution in [3.8, 4) is 17.0 Å². The number of hydrogen-bond acceptors (Lipinski definition) is 5. The lowest BCUT2D eigenvalue weighted by atomic mass is 10.1. The van der Waals surface area contributed by atoms with Crippen molar-refractivity contribution in [2.24, 2.45) is 5.73 Å². The first-order valence-corrected chi connectivity index (χ1v) is 5.74. The fourth-order valence-electron chi connectivity index (χ4n) is 1.57. The fourth-order valence-corrected chi connectivity index (χ4v) is 1.57. The van der Waals surface area contributed by atoms with Gasteiger partial charge in [-0.2, -0.15) is 0 Å². The monoisotopic (exact) mass is 244 g/mol. The maximum Gasteiger partial charge on any atom is 0.129 e. The summed E-state index contributed by atoms with van der Waals surface area (Å²) in [6, 6.07) is 9.65. The van der Waals surface area contributed by atoms with Crippen LogP contribution in [0.25, 0.3) is 11.3 Å². The Morgan fingerprint density at radius 3 is 2.67 bits per heavy atom. The van der Waals surface area contributed by atoms with Crippen molar-refractivity contribution in [3.05, 3.63) is 36.7 Å². The van der Waals surface area contributed by atoms with Crippen LogP contribution in [0.4, 0.5) is 5.82 Å². The van der Waals surface area contributed by atoms with Gasteiger partial charge in [-0.05, 0) is 24.3 Å². The third-order valence-electron chi connectivity index (χ3n) is 2.50. The minimum Gasteiger partial charge on any atom is -0.497 e. The van der Waals surface area contributed by atoms with Crippen molar-refractivity contribution in [1.82, 2.24) is 9.97 Å². The summed E-state index contributed by atoms with van der Waals surface area (Å²) in [6.45, 7) is 1.26. The van der Waals surface area contributed by atoms with E-state index in [-0.39, 0.29) is 0 Å². The predicted molar refractivity (Wildman–Crippen MR) is 71.6 cm³/mol. The average Bonchev–Trinajstić information content (AvgIpc) is 2.45. The Morgan fingerprint density at radius 2 is 2.00 bits per heavy atom. The highest BCUT2D eigenvalue weighted by Gasteiger charge is 2.02. The molecule has 0 atom stereocenters.